The van der Waals surface area contributed by atoms with Crippen molar-refractivity contribution >= 4 is 17.3 Å². The van der Waals surface area contributed by atoms with Gasteiger partial charge in [-0.15, -0.1) is 0 Å². The molecule has 1 unspecified atom stereocenters. The van der Waals surface area contributed by atoms with Crippen LogP contribution in [0.3, 0.4) is 0 Å². The van der Waals surface area contributed by atoms with E-state index < -0.39 is 11.6 Å². The highest BCUT2D eigenvalue weighted by Gasteiger charge is 2.16. The summed E-state index contributed by atoms with van der Waals surface area (Å²) in [7, 11) is 0. The number of amides is 1. The van der Waals surface area contributed by atoms with Crippen LogP contribution in [0.5, 0.6) is 11.5 Å². The molecule has 2 N–H and O–H groups in total. The molecule has 1 aliphatic heterocycles. The molecule has 7 heteroatoms. The lowest BCUT2D eigenvalue weighted by Crippen LogP contribution is -2.26. The fourth-order valence-electron chi connectivity index (χ4n) is 2.28. The minimum Gasteiger partial charge on any atom is -0.491 e. The lowest BCUT2D eigenvalue weighted by atomic mass is 10.2. The average molecular weight is 334 g/mol. The number of carbonyl (C=O) groups is 1. The topological polar surface area (TPSA) is 59.6 Å². The van der Waals surface area contributed by atoms with Gasteiger partial charge in [0, 0.05) is 17.8 Å². The predicted molar refractivity (Wildman–Crippen MR) is 85.5 cm³/mol. The molecule has 0 radical (unpaired) electrons. The quantitative estimate of drug-likeness (QED) is 0.882. The van der Waals surface area contributed by atoms with Gasteiger partial charge in [0.15, 0.2) is 18.2 Å². The lowest BCUT2D eigenvalue weighted by Gasteiger charge is -2.21. The second kappa shape index (κ2) is 6.74. The molecular formula is C17H16F2N2O3. The zero-order valence-electron chi connectivity index (χ0n) is 12.9. The molecule has 3 rings (SSSR count). The molecule has 2 aromatic rings. The first kappa shape index (κ1) is 16.0. The first-order valence-electron chi connectivity index (χ1n) is 7.42. The van der Waals surface area contributed by atoms with Crippen molar-refractivity contribution in [2.45, 2.75) is 13.0 Å². The molecular weight excluding hydrogens is 318 g/mol. The van der Waals surface area contributed by atoms with Crippen molar-refractivity contribution in [3.63, 3.8) is 0 Å². The van der Waals surface area contributed by atoms with Crippen molar-refractivity contribution < 1.29 is 23.0 Å². The summed E-state index contributed by atoms with van der Waals surface area (Å²) in [4.78, 5) is 11.2. The van der Waals surface area contributed by atoms with Crippen molar-refractivity contribution in [1.82, 2.24) is 0 Å². The molecule has 0 aromatic heterocycles. The maximum atomic E-state index is 13.1. The van der Waals surface area contributed by atoms with Crippen LogP contribution < -0.4 is 20.1 Å². The van der Waals surface area contributed by atoms with Crippen molar-refractivity contribution in [1.29, 1.82) is 0 Å². The maximum absolute atomic E-state index is 13.1. The number of ether oxygens (including phenoxy) is 2. The number of benzene rings is 2. The van der Waals surface area contributed by atoms with Crippen molar-refractivity contribution in [3.8, 4) is 11.5 Å². The summed E-state index contributed by atoms with van der Waals surface area (Å²) in [5, 5.41) is 5.93. The minimum absolute atomic E-state index is 0.00868. The van der Waals surface area contributed by atoms with E-state index in [-0.39, 0.29) is 30.9 Å². The van der Waals surface area contributed by atoms with E-state index in [1.165, 1.54) is 6.07 Å². The Bertz CT molecular complexity index is 767. The number of rotatable bonds is 5. The van der Waals surface area contributed by atoms with Crippen LogP contribution in [0.2, 0.25) is 0 Å². The Balaban J connectivity index is 1.57. The molecule has 0 aliphatic carbocycles. The van der Waals surface area contributed by atoms with Crippen molar-refractivity contribution in [2.75, 3.05) is 23.8 Å². The highest BCUT2D eigenvalue weighted by molar-refractivity contribution is 5.95. The van der Waals surface area contributed by atoms with E-state index in [9.17, 15) is 13.6 Å². The van der Waals surface area contributed by atoms with E-state index in [0.29, 0.717) is 11.4 Å². The number of carbonyl (C=O) groups excluding carboxylic acids is 1. The maximum Gasteiger partial charge on any atom is 0.262 e. The first-order chi connectivity index (χ1) is 11.5. The van der Waals surface area contributed by atoms with Crippen LogP contribution in [-0.4, -0.2) is 25.2 Å². The third-order valence-electron chi connectivity index (χ3n) is 3.42. The molecule has 24 heavy (non-hydrogen) atoms. The van der Waals surface area contributed by atoms with Crippen molar-refractivity contribution in [3.05, 3.63) is 48.0 Å². The number of halogens is 2. The molecule has 0 saturated carbocycles. The second-order valence-electron chi connectivity index (χ2n) is 5.48. The van der Waals surface area contributed by atoms with Gasteiger partial charge in [-0.3, -0.25) is 4.79 Å². The average Bonchev–Trinajstić information content (AvgIpc) is 2.56. The van der Waals surface area contributed by atoms with Gasteiger partial charge < -0.3 is 20.1 Å². The predicted octanol–water partition coefficient (Wildman–Crippen LogP) is 3.18. The van der Waals surface area contributed by atoms with Gasteiger partial charge in [0.1, 0.15) is 18.1 Å². The van der Waals surface area contributed by atoms with Crippen LogP contribution in [0.4, 0.5) is 20.2 Å². The summed E-state index contributed by atoms with van der Waals surface area (Å²) < 4.78 is 36.8. The van der Waals surface area contributed by atoms with E-state index in [1.807, 2.05) is 13.0 Å². The molecule has 0 fully saturated rings. The smallest absolute Gasteiger partial charge is 0.262 e. The van der Waals surface area contributed by atoms with Crippen LogP contribution in [0, 0.1) is 11.6 Å². The SMILES string of the molecule is CC(COc1ccc(F)c(F)c1)Nc1ccc2c(c1)OCC(=O)N2. The van der Waals surface area contributed by atoms with Crippen LogP contribution in [0.15, 0.2) is 36.4 Å². The molecule has 0 saturated heterocycles. The Morgan fingerprint density at radius 1 is 1.25 bits per heavy atom. The number of hydrogen-bond donors (Lipinski definition) is 2. The van der Waals surface area contributed by atoms with Gasteiger partial charge in [0.05, 0.1) is 11.7 Å². The third-order valence-corrected chi connectivity index (χ3v) is 3.42. The summed E-state index contributed by atoms with van der Waals surface area (Å²) >= 11 is 0. The Morgan fingerprint density at radius 2 is 2.08 bits per heavy atom. The van der Waals surface area contributed by atoms with Gasteiger partial charge in [-0.05, 0) is 31.2 Å². The second-order valence-corrected chi connectivity index (χ2v) is 5.48. The molecule has 1 amide bonds. The number of anilines is 2. The molecule has 1 heterocycles. The van der Waals surface area contributed by atoms with Gasteiger partial charge in [0.2, 0.25) is 0 Å². The Kier molecular flexibility index (Phi) is 4.50. The summed E-state index contributed by atoms with van der Waals surface area (Å²) in [6.07, 6.45) is 0. The molecule has 2 aromatic carbocycles. The summed E-state index contributed by atoms with van der Waals surface area (Å²) in [5.74, 6) is -1.18. The molecule has 0 bridgehead atoms. The highest BCUT2D eigenvalue weighted by atomic mass is 19.2. The summed E-state index contributed by atoms with van der Waals surface area (Å²) in [6, 6.07) is 8.66. The fraction of sp³-hybridized carbons (Fsp3) is 0.235. The van der Waals surface area contributed by atoms with Crippen LogP contribution in [0.1, 0.15) is 6.92 Å². The Morgan fingerprint density at radius 3 is 2.88 bits per heavy atom. The number of hydrogen-bond acceptors (Lipinski definition) is 4. The van der Waals surface area contributed by atoms with Gasteiger partial charge in [-0.1, -0.05) is 0 Å². The van der Waals surface area contributed by atoms with E-state index >= 15 is 0 Å². The van der Waals surface area contributed by atoms with Crippen LogP contribution in [0.25, 0.3) is 0 Å². The Hall–Kier alpha value is -2.83. The van der Waals surface area contributed by atoms with E-state index in [1.54, 1.807) is 12.1 Å². The highest BCUT2D eigenvalue weighted by Crippen LogP contribution is 2.30. The fourth-order valence-corrected chi connectivity index (χ4v) is 2.28. The van der Waals surface area contributed by atoms with Crippen LogP contribution in [-0.2, 0) is 4.79 Å². The third kappa shape index (κ3) is 3.73. The zero-order chi connectivity index (χ0) is 17.1. The van der Waals surface area contributed by atoms with Gasteiger partial charge in [0.25, 0.3) is 5.91 Å². The minimum atomic E-state index is -0.943. The van der Waals surface area contributed by atoms with Crippen molar-refractivity contribution in [2.24, 2.45) is 0 Å². The molecule has 1 atom stereocenters. The Labute approximate surface area is 137 Å². The van der Waals surface area contributed by atoms with Gasteiger partial charge >= 0.3 is 0 Å². The number of nitrogens with one attached hydrogen (secondary N) is 2. The first-order valence-corrected chi connectivity index (χ1v) is 7.42. The molecule has 1 aliphatic rings. The summed E-state index contributed by atoms with van der Waals surface area (Å²) in [5.41, 5.74) is 1.42. The standard InChI is InChI=1S/C17H16F2N2O3/c1-10(8-23-12-3-4-13(18)14(19)7-12)20-11-2-5-15-16(6-11)24-9-17(22)21-15/h2-7,10,20H,8-9H2,1H3,(H,21,22). The zero-order valence-corrected chi connectivity index (χ0v) is 12.9. The monoisotopic (exact) mass is 334 g/mol. The number of fused-ring (bicyclic) bond motifs is 1. The molecule has 5 nitrogen and oxygen atoms in total. The van der Waals surface area contributed by atoms with Crippen LogP contribution >= 0.6 is 0 Å². The van der Waals surface area contributed by atoms with E-state index in [2.05, 4.69) is 10.6 Å². The lowest BCUT2D eigenvalue weighted by molar-refractivity contribution is -0.118. The molecule has 0 spiro atoms. The van der Waals surface area contributed by atoms with Gasteiger partial charge in [-0.25, -0.2) is 8.78 Å². The van der Waals surface area contributed by atoms with E-state index in [0.717, 1.165) is 17.8 Å². The van der Waals surface area contributed by atoms with Gasteiger partial charge in [-0.2, -0.15) is 0 Å². The molecule has 126 valence electrons. The normalized spacial score (nSPS) is 14.2. The summed E-state index contributed by atoms with van der Waals surface area (Å²) in [6.45, 7) is 2.15. The largest absolute Gasteiger partial charge is 0.491 e. The van der Waals surface area contributed by atoms with E-state index in [4.69, 9.17) is 9.47 Å².